The van der Waals surface area contributed by atoms with E-state index in [-0.39, 0.29) is 5.78 Å². The Balaban J connectivity index is 1.91. The third-order valence-corrected chi connectivity index (χ3v) is 3.40. The molecular weight excluding hydrogens is 252 g/mol. The number of ether oxygens (including phenoxy) is 2. The summed E-state index contributed by atoms with van der Waals surface area (Å²) in [5.41, 5.74) is 2.88. The molecule has 0 saturated heterocycles. The van der Waals surface area contributed by atoms with Crippen LogP contribution in [0.1, 0.15) is 23.7 Å². The molecule has 2 aromatic carbocycles. The highest BCUT2D eigenvalue weighted by Gasteiger charge is 2.12. The van der Waals surface area contributed by atoms with Crippen molar-refractivity contribution in [3.05, 3.63) is 48.0 Å². The summed E-state index contributed by atoms with van der Waals surface area (Å²) in [5.74, 6) is 1.74. The van der Waals surface area contributed by atoms with E-state index in [1.54, 1.807) is 0 Å². The molecule has 0 bridgehead atoms. The minimum absolute atomic E-state index is 0.165. The van der Waals surface area contributed by atoms with Crippen molar-refractivity contribution in [2.45, 2.75) is 13.3 Å². The van der Waals surface area contributed by atoms with E-state index in [2.05, 4.69) is 0 Å². The topological polar surface area (TPSA) is 35.5 Å². The Labute approximate surface area is 118 Å². The van der Waals surface area contributed by atoms with Gasteiger partial charge in [0, 0.05) is 12.0 Å². The third kappa shape index (κ3) is 2.39. The molecule has 1 aliphatic heterocycles. The largest absolute Gasteiger partial charge is 0.486 e. The Morgan fingerprint density at radius 3 is 2.30 bits per heavy atom. The van der Waals surface area contributed by atoms with E-state index in [0.29, 0.717) is 19.6 Å². The molecule has 1 aliphatic rings. The van der Waals surface area contributed by atoms with Crippen molar-refractivity contribution in [3.63, 3.8) is 0 Å². The molecule has 0 radical (unpaired) electrons. The number of fused-ring (bicyclic) bond motifs is 1. The van der Waals surface area contributed by atoms with Crippen LogP contribution in [0.15, 0.2) is 42.5 Å². The number of carbonyl (C=O) groups is 1. The quantitative estimate of drug-likeness (QED) is 0.796. The second-order valence-corrected chi connectivity index (χ2v) is 4.71. The number of hydrogen-bond acceptors (Lipinski definition) is 3. The summed E-state index contributed by atoms with van der Waals surface area (Å²) >= 11 is 0. The van der Waals surface area contributed by atoms with Crippen molar-refractivity contribution < 1.29 is 14.3 Å². The minimum Gasteiger partial charge on any atom is -0.486 e. The van der Waals surface area contributed by atoms with Gasteiger partial charge in [-0.15, -0.1) is 0 Å². The fourth-order valence-corrected chi connectivity index (χ4v) is 2.28. The summed E-state index contributed by atoms with van der Waals surface area (Å²) in [6, 6.07) is 13.6. The average molecular weight is 268 g/mol. The summed E-state index contributed by atoms with van der Waals surface area (Å²) in [7, 11) is 0. The van der Waals surface area contributed by atoms with Gasteiger partial charge >= 0.3 is 0 Å². The van der Waals surface area contributed by atoms with E-state index in [4.69, 9.17) is 9.47 Å². The van der Waals surface area contributed by atoms with E-state index in [0.717, 1.165) is 28.2 Å². The first-order valence-corrected chi connectivity index (χ1v) is 6.81. The number of carbonyl (C=O) groups excluding carboxylic acids is 1. The first kappa shape index (κ1) is 12.7. The fraction of sp³-hybridized carbons (Fsp3) is 0.235. The van der Waals surface area contributed by atoms with Crippen LogP contribution in [-0.4, -0.2) is 19.0 Å². The molecule has 3 nitrogen and oxygen atoms in total. The highest BCUT2D eigenvalue weighted by atomic mass is 16.6. The van der Waals surface area contributed by atoms with E-state index < -0.39 is 0 Å². The molecule has 3 heteroatoms. The molecule has 0 amide bonds. The number of ketones is 1. The molecular formula is C17H16O3. The van der Waals surface area contributed by atoms with Crippen LogP contribution in [0.4, 0.5) is 0 Å². The van der Waals surface area contributed by atoms with Gasteiger partial charge in [0.15, 0.2) is 17.3 Å². The van der Waals surface area contributed by atoms with Crippen LogP contribution in [0.3, 0.4) is 0 Å². The van der Waals surface area contributed by atoms with E-state index >= 15 is 0 Å². The molecule has 0 spiro atoms. The van der Waals surface area contributed by atoms with Crippen LogP contribution >= 0.6 is 0 Å². The van der Waals surface area contributed by atoms with Crippen molar-refractivity contribution >= 4 is 5.78 Å². The summed E-state index contributed by atoms with van der Waals surface area (Å²) in [6.45, 7) is 3.05. The lowest BCUT2D eigenvalue weighted by atomic mass is 10.0. The molecule has 1 heterocycles. The van der Waals surface area contributed by atoms with Gasteiger partial charge in [-0.25, -0.2) is 0 Å². The molecule has 0 aromatic heterocycles. The molecule has 20 heavy (non-hydrogen) atoms. The van der Waals surface area contributed by atoms with E-state index in [9.17, 15) is 4.79 Å². The standard InChI is InChI=1S/C17H16O3/c1-2-15(18)13-5-3-12(4-6-13)14-7-8-16-17(11-14)20-10-9-19-16/h3-8,11H,2,9-10H2,1H3. The molecule has 0 atom stereocenters. The first-order valence-electron chi connectivity index (χ1n) is 6.81. The second kappa shape index (κ2) is 5.37. The van der Waals surface area contributed by atoms with Crippen LogP contribution in [0.2, 0.25) is 0 Å². The van der Waals surface area contributed by atoms with E-state index in [1.807, 2.05) is 49.4 Å². The van der Waals surface area contributed by atoms with Gasteiger partial charge in [-0.2, -0.15) is 0 Å². The van der Waals surface area contributed by atoms with Crippen LogP contribution < -0.4 is 9.47 Å². The number of hydrogen-bond donors (Lipinski definition) is 0. The summed E-state index contributed by atoms with van der Waals surface area (Å²) in [4.78, 5) is 11.6. The van der Waals surface area contributed by atoms with Gasteiger partial charge in [0.2, 0.25) is 0 Å². The van der Waals surface area contributed by atoms with Gasteiger partial charge in [0.25, 0.3) is 0 Å². The zero-order valence-corrected chi connectivity index (χ0v) is 11.4. The molecule has 0 saturated carbocycles. The van der Waals surface area contributed by atoms with Gasteiger partial charge in [-0.1, -0.05) is 37.3 Å². The zero-order valence-electron chi connectivity index (χ0n) is 11.4. The second-order valence-electron chi connectivity index (χ2n) is 4.71. The Hall–Kier alpha value is -2.29. The maximum Gasteiger partial charge on any atom is 0.162 e. The van der Waals surface area contributed by atoms with Gasteiger partial charge < -0.3 is 9.47 Å². The monoisotopic (exact) mass is 268 g/mol. The van der Waals surface area contributed by atoms with Gasteiger partial charge in [-0.3, -0.25) is 4.79 Å². The number of Topliss-reactive ketones (excluding diaryl/α,β-unsaturated/α-hetero) is 1. The van der Waals surface area contributed by atoms with Crippen molar-refractivity contribution in [3.8, 4) is 22.6 Å². The van der Waals surface area contributed by atoms with Gasteiger partial charge in [0.1, 0.15) is 13.2 Å². The average Bonchev–Trinajstić information content (AvgIpc) is 2.54. The van der Waals surface area contributed by atoms with Crippen LogP contribution in [0, 0.1) is 0 Å². The van der Waals surface area contributed by atoms with Gasteiger partial charge in [-0.05, 0) is 23.3 Å². The Morgan fingerprint density at radius 2 is 1.60 bits per heavy atom. The molecule has 2 aromatic rings. The molecule has 0 aliphatic carbocycles. The molecule has 0 fully saturated rings. The number of benzene rings is 2. The predicted molar refractivity (Wildman–Crippen MR) is 77.5 cm³/mol. The highest BCUT2D eigenvalue weighted by molar-refractivity contribution is 5.96. The third-order valence-electron chi connectivity index (χ3n) is 3.40. The SMILES string of the molecule is CCC(=O)c1ccc(-c2ccc3c(c2)OCCO3)cc1. The lowest BCUT2D eigenvalue weighted by molar-refractivity contribution is 0.0988. The molecule has 102 valence electrons. The zero-order chi connectivity index (χ0) is 13.9. The van der Waals surface area contributed by atoms with Crippen molar-refractivity contribution in [1.82, 2.24) is 0 Å². The van der Waals surface area contributed by atoms with Crippen molar-refractivity contribution in [2.24, 2.45) is 0 Å². The normalized spacial score (nSPS) is 13.1. The van der Waals surface area contributed by atoms with Gasteiger partial charge in [0.05, 0.1) is 0 Å². The fourth-order valence-electron chi connectivity index (χ4n) is 2.28. The lowest BCUT2D eigenvalue weighted by Crippen LogP contribution is -2.15. The first-order chi connectivity index (χ1) is 9.78. The summed E-state index contributed by atoms with van der Waals surface area (Å²) < 4.78 is 11.1. The van der Waals surface area contributed by atoms with Crippen LogP contribution in [0.5, 0.6) is 11.5 Å². The summed E-state index contributed by atoms with van der Waals surface area (Å²) in [5, 5.41) is 0. The number of rotatable bonds is 3. The maximum atomic E-state index is 11.6. The Kier molecular flexibility index (Phi) is 3.42. The predicted octanol–water partition coefficient (Wildman–Crippen LogP) is 3.72. The summed E-state index contributed by atoms with van der Waals surface area (Å²) in [6.07, 6.45) is 0.531. The molecule has 0 N–H and O–H groups in total. The molecule has 3 rings (SSSR count). The van der Waals surface area contributed by atoms with Crippen molar-refractivity contribution in [1.29, 1.82) is 0 Å². The minimum atomic E-state index is 0.165. The Bertz CT molecular complexity index is 629. The maximum absolute atomic E-state index is 11.6. The van der Waals surface area contributed by atoms with E-state index in [1.165, 1.54) is 0 Å². The van der Waals surface area contributed by atoms with Crippen LogP contribution in [-0.2, 0) is 0 Å². The Morgan fingerprint density at radius 1 is 0.950 bits per heavy atom. The lowest BCUT2D eigenvalue weighted by Gasteiger charge is -2.19. The molecule has 0 unspecified atom stereocenters. The van der Waals surface area contributed by atoms with Crippen LogP contribution in [0.25, 0.3) is 11.1 Å². The smallest absolute Gasteiger partial charge is 0.162 e. The highest BCUT2D eigenvalue weighted by Crippen LogP contribution is 2.34. The van der Waals surface area contributed by atoms with Crippen molar-refractivity contribution in [2.75, 3.05) is 13.2 Å².